The number of tetrazole rings is 1. The van der Waals surface area contributed by atoms with Crippen LogP contribution in [0.15, 0.2) is 24.3 Å². The highest BCUT2D eigenvalue weighted by Crippen LogP contribution is 2.13. The number of hydrogen-bond acceptors (Lipinski definition) is 6. The Kier molecular flexibility index (Phi) is 4.36. The second-order valence-electron chi connectivity index (χ2n) is 4.44. The SMILES string of the molecule is CNC(C)c1nnnn1CCc1ccc([N+](=O)[O-])cc1. The van der Waals surface area contributed by atoms with Gasteiger partial charge < -0.3 is 5.32 Å². The van der Waals surface area contributed by atoms with Crippen molar-refractivity contribution in [3.8, 4) is 0 Å². The lowest BCUT2D eigenvalue weighted by atomic mass is 10.1. The molecule has 1 aromatic carbocycles. The van der Waals surface area contributed by atoms with E-state index in [-0.39, 0.29) is 11.7 Å². The van der Waals surface area contributed by atoms with Crippen molar-refractivity contribution in [3.05, 3.63) is 45.8 Å². The Morgan fingerprint density at radius 3 is 2.70 bits per heavy atom. The van der Waals surface area contributed by atoms with Gasteiger partial charge in [0.2, 0.25) is 0 Å². The first-order valence-corrected chi connectivity index (χ1v) is 6.28. The van der Waals surface area contributed by atoms with E-state index in [4.69, 9.17) is 0 Å². The minimum Gasteiger partial charge on any atom is -0.311 e. The summed E-state index contributed by atoms with van der Waals surface area (Å²) in [4.78, 5) is 10.2. The van der Waals surface area contributed by atoms with Crippen LogP contribution in [-0.2, 0) is 13.0 Å². The van der Waals surface area contributed by atoms with Crippen LogP contribution in [0.25, 0.3) is 0 Å². The van der Waals surface area contributed by atoms with Gasteiger partial charge in [-0.1, -0.05) is 12.1 Å². The zero-order valence-corrected chi connectivity index (χ0v) is 11.4. The molecule has 0 radical (unpaired) electrons. The fourth-order valence-corrected chi connectivity index (χ4v) is 1.83. The Bertz CT molecular complexity index is 580. The van der Waals surface area contributed by atoms with Crippen LogP contribution < -0.4 is 5.32 Å². The summed E-state index contributed by atoms with van der Waals surface area (Å²) < 4.78 is 1.74. The van der Waals surface area contributed by atoms with Gasteiger partial charge in [0.25, 0.3) is 5.69 Å². The van der Waals surface area contributed by atoms with E-state index < -0.39 is 4.92 Å². The molecular formula is C12H16N6O2. The number of aryl methyl sites for hydroxylation is 2. The largest absolute Gasteiger partial charge is 0.311 e. The average molecular weight is 276 g/mol. The normalized spacial score (nSPS) is 12.3. The van der Waals surface area contributed by atoms with Crippen molar-refractivity contribution < 1.29 is 4.92 Å². The zero-order valence-electron chi connectivity index (χ0n) is 11.4. The van der Waals surface area contributed by atoms with E-state index in [1.165, 1.54) is 12.1 Å². The molecule has 1 heterocycles. The number of rotatable bonds is 6. The number of nitrogens with one attached hydrogen (secondary N) is 1. The molecule has 0 saturated heterocycles. The highest BCUT2D eigenvalue weighted by atomic mass is 16.6. The smallest absolute Gasteiger partial charge is 0.269 e. The van der Waals surface area contributed by atoms with Gasteiger partial charge in [0.1, 0.15) is 0 Å². The molecule has 0 aliphatic rings. The molecule has 1 aromatic heterocycles. The van der Waals surface area contributed by atoms with Gasteiger partial charge in [0.15, 0.2) is 5.82 Å². The first-order valence-electron chi connectivity index (χ1n) is 6.28. The summed E-state index contributed by atoms with van der Waals surface area (Å²) in [7, 11) is 1.85. The van der Waals surface area contributed by atoms with Crippen LogP contribution in [0, 0.1) is 10.1 Å². The molecule has 0 spiro atoms. The minimum absolute atomic E-state index is 0.0712. The molecule has 0 bridgehead atoms. The predicted octanol–water partition coefficient (Wildman–Crippen LogP) is 1.10. The van der Waals surface area contributed by atoms with Gasteiger partial charge >= 0.3 is 0 Å². The first-order chi connectivity index (χ1) is 9.61. The first kappa shape index (κ1) is 14.1. The van der Waals surface area contributed by atoms with Crippen LogP contribution in [0.3, 0.4) is 0 Å². The van der Waals surface area contributed by atoms with E-state index in [9.17, 15) is 10.1 Å². The van der Waals surface area contributed by atoms with Gasteiger partial charge in [0.05, 0.1) is 11.0 Å². The monoisotopic (exact) mass is 276 g/mol. The van der Waals surface area contributed by atoms with Crippen LogP contribution in [-0.4, -0.2) is 32.2 Å². The summed E-state index contributed by atoms with van der Waals surface area (Å²) in [5.41, 5.74) is 1.11. The minimum atomic E-state index is -0.405. The lowest BCUT2D eigenvalue weighted by Crippen LogP contribution is -2.19. The molecule has 1 unspecified atom stereocenters. The van der Waals surface area contributed by atoms with Crippen molar-refractivity contribution >= 4 is 5.69 Å². The Morgan fingerprint density at radius 2 is 2.10 bits per heavy atom. The Balaban J connectivity index is 2.02. The van der Waals surface area contributed by atoms with E-state index in [0.717, 1.165) is 11.4 Å². The van der Waals surface area contributed by atoms with Crippen molar-refractivity contribution in [2.24, 2.45) is 0 Å². The molecule has 1 atom stereocenters. The third-order valence-electron chi connectivity index (χ3n) is 3.14. The molecule has 0 aliphatic carbocycles. The number of nitro groups is 1. The molecule has 0 saturated carbocycles. The fourth-order valence-electron chi connectivity index (χ4n) is 1.83. The van der Waals surface area contributed by atoms with Gasteiger partial charge in [-0.15, -0.1) is 5.10 Å². The fraction of sp³-hybridized carbons (Fsp3) is 0.417. The van der Waals surface area contributed by atoms with E-state index in [2.05, 4.69) is 20.8 Å². The number of nitro benzene ring substituents is 1. The van der Waals surface area contributed by atoms with E-state index in [0.29, 0.717) is 13.0 Å². The second kappa shape index (κ2) is 6.20. The maximum Gasteiger partial charge on any atom is 0.269 e. The second-order valence-corrected chi connectivity index (χ2v) is 4.44. The van der Waals surface area contributed by atoms with Crippen LogP contribution in [0.5, 0.6) is 0 Å². The van der Waals surface area contributed by atoms with E-state index in [1.54, 1.807) is 16.8 Å². The predicted molar refractivity (Wildman–Crippen MR) is 72.1 cm³/mol. The molecule has 106 valence electrons. The van der Waals surface area contributed by atoms with Crippen LogP contribution >= 0.6 is 0 Å². The lowest BCUT2D eigenvalue weighted by Gasteiger charge is -2.10. The third kappa shape index (κ3) is 3.15. The summed E-state index contributed by atoms with van der Waals surface area (Å²) in [5, 5.41) is 25.3. The van der Waals surface area contributed by atoms with Gasteiger partial charge in [-0.05, 0) is 36.4 Å². The molecular weight excluding hydrogens is 260 g/mol. The zero-order chi connectivity index (χ0) is 14.5. The number of benzene rings is 1. The Hall–Kier alpha value is -2.35. The van der Waals surface area contributed by atoms with Crippen LogP contribution in [0.4, 0.5) is 5.69 Å². The Labute approximate surface area is 115 Å². The number of hydrogen-bond donors (Lipinski definition) is 1. The molecule has 8 heteroatoms. The number of nitrogens with zero attached hydrogens (tertiary/aromatic N) is 5. The summed E-state index contributed by atoms with van der Waals surface area (Å²) in [6, 6.07) is 6.59. The summed E-state index contributed by atoms with van der Waals surface area (Å²) >= 11 is 0. The van der Waals surface area contributed by atoms with Crippen molar-refractivity contribution in [2.75, 3.05) is 7.05 Å². The highest BCUT2D eigenvalue weighted by Gasteiger charge is 2.12. The van der Waals surface area contributed by atoms with Crippen LogP contribution in [0.2, 0.25) is 0 Å². The molecule has 2 aromatic rings. The van der Waals surface area contributed by atoms with Crippen molar-refractivity contribution in [1.29, 1.82) is 0 Å². The number of aromatic nitrogens is 4. The molecule has 2 rings (SSSR count). The van der Waals surface area contributed by atoms with Crippen LogP contribution in [0.1, 0.15) is 24.4 Å². The van der Waals surface area contributed by atoms with Gasteiger partial charge in [0, 0.05) is 18.7 Å². The summed E-state index contributed by atoms with van der Waals surface area (Å²) in [6.07, 6.45) is 0.715. The third-order valence-corrected chi connectivity index (χ3v) is 3.14. The van der Waals surface area contributed by atoms with Gasteiger partial charge in [-0.25, -0.2) is 4.68 Å². The van der Waals surface area contributed by atoms with Gasteiger partial charge in [-0.2, -0.15) is 0 Å². The maximum atomic E-state index is 10.6. The Morgan fingerprint density at radius 1 is 1.40 bits per heavy atom. The number of non-ortho nitro benzene ring substituents is 1. The molecule has 8 nitrogen and oxygen atoms in total. The topological polar surface area (TPSA) is 98.8 Å². The van der Waals surface area contributed by atoms with Crippen molar-refractivity contribution in [2.45, 2.75) is 25.9 Å². The molecule has 0 amide bonds. The molecule has 20 heavy (non-hydrogen) atoms. The average Bonchev–Trinajstić information content (AvgIpc) is 2.93. The van der Waals surface area contributed by atoms with Crippen molar-refractivity contribution in [3.63, 3.8) is 0 Å². The summed E-state index contributed by atoms with van der Waals surface area (Å²) in [6.45, 7) is 2.61. The quantitative estimate of drug-likeness (QED) is 0.626. The molecule has 0 aliphatic heterocycles. The van der Waals surface area contributed by atoms with Gasteiger partial charge in [-0.3, -0.25) is 10.1 Å². The maximum absolute atomic E-state index is 10.6. The molecule has 1 N–H and O–H groups in total. The molecule has 0 fully saturated rings. The highest BCUT2D eigenvalue weighted by molar-refractivity contribution is 5.32. The lowest BCUT2D eigenvalue weighted by molar-refractivity contribution is -0.384. The standard InChI is InChI=1S/C12H16N6O2/c1-9(13-2)12-14-15-16-17(12)8-7-10-3-5-11(6-4-10)18(19)20/h3-6,9,13H,7-8H2,1-2H3. The van der Waals surface area contributed by atoms with Crippen molar-refractivity contribution in [1.82, 2.24) is 25.5 Å². The summed E-state index contributed by atoms with van der Waals surface area (Å²) in [5.74, 6) is 0.773. The van der Waals surface area contributed by atoms with E-state index in [1.807, 2.05) is 14.0 Å². The van der Waals surface area contributed by atoms with E-state index >= 15 is 0 Å².